The molecule has 122 valence electrons. The van der Waals surface area contributed by atoms with Crippen LogP contribution in [0.5, 0.6) is 5.75 Å². The lowest BCUT2D eigenvalue weighted by atomic mass is 10.1. The first kappa shape index (κ1) is 17.0. The Labute approximate surface area is 136 Å². The molecular weight excluding hydrogens is 292 g/mol. The van der Waals surface area contributed by atoms with Gasteiger partial charge in [-0.2, -0.15) is 0 Å². The minimum atomic E-state index is -0.397. The highest BCUT2D eigenvalue weighted by Crippen LogP contribution is 2.28. The molecule has 2 aromatic carbocycles. The summed E-state index contributed by atoms with van der Waals surface area (Å²) in [5.74, 6) is 0.838. The van der Waals surface area contributed by atoms with Crippen LogP contribution in [0.3, 0.4) is 0 Å². The summed E-state index contributed by atoms with van der Waals surface area (Å²) in [5.41, 5.74) is 1.86. The van der Waals surface area contributed by atoms with Gasteiger partial charge in [-0.3, -0.25) is 10.1 Å². The highest BCUT2D eigenvalue weighted by atomic mass is 16.6. The van der Waals surface area contributed by atoms with E-state index in [9.17, 15) is 10.1 Å². The molecule has 2 rings (SSSR count). The van der Waals surface area contributed by atoms with E-state index in [2.05, 4.69) is 19.2 Å². The van der Waals surface area contributed by atoms with Crippen LogP contribution in [0.25, 0.3) is 0 Å². The molecule has 0 aliphatic carbocycles. The van der Waals surface area contributed by atoms with E-state index in [1.165, 1.54) is 0 Å². The molecule has 0 aromatic heterocycles. The summed E-state index contributed by atoms with van der Waals surface area (Å²) < 4.78 is 5.62. The lowest BCUT2D eigenvalue weighted by molar-refractivity contribution is -0.386. The first-order valence-corrected chi connectivity index (χ1v) is 7.71. The number of ether oxygens (including phenoxy) is 1. The monoisotopic (exact) mass is 314 g/mol. The second-order valence-corrected chi connectivity index (χ2v) is 5.86. The molecule has 0 bridgehead atoms. The fraction of sp³-hybridized carbons (Fsp3) is 0.333. The molecule has 0 saturated heterocycles. The predicted molar refractivity (Wildman–Crippen MR) is 90.4 cm³/mol. The molecule has 0 fully saturated rings. The van der Waals surface area contributed by atoms with Crippen molar-refractivity contribution in [2.75, 3.05) is 6.54 Å². The average molecular weight is 314 g/mol. The van der Waals surface area contributed by atoms with Gasteiger partial charge in [-0.05, 0) is 29.7 Å². The maximum absolute atomic E-state index is 11.3. The third kappa shape index (κ3) is 5.38. The van der Waals surface area contributed by atoms with Crippen molar-refractivity contribution in [1.29, 1.82) is 0 Å². The number of hydrogen-bond donors (Lipinski definition) is 1. The van der Waals surface area contributed by atoms with Crippen LogP contribution < -0.4 is 10.1 Å². The maximum atomic E-state index is 11.3. The third-order valence-corrected chi connectivity index (χ3v) is 3.34. The highest BCUT2D eigenvalue weighted by molar-refractivity contribution is 5.48. The lowest BCUT2D eigenvalue weighted by Crippen LogP contribution is -2.19. The van der Waals surface area contributed by atoms with E-state index in [0.717, 1.165) is 17.7 Å². The molecule has 0 saturated carbocycles. The molecule has 0 amide bonds. The Morgan fingerprint density at radius 1 is 1.13 bits per heavy atom. The minimum Gasteiger partial charge on any atom is -0.482 e. The Balaban J connectivity index is 2.05. The zero-order valence-corrected chi connectivity index (χ0v) is 13.5. The van der Waals surface area contributed by atoms with Crippen molar-refractivity contribution in [1.82, 2.24) is 5.32 Å². The SMILES string of the molecule is CC(C)CNCc1ccc(OCc2ccccc2)c([N+](=O)[O-])c1. The molecule has 2 aromatic rings. The number of nitro benzene ring substituents is 1. The molecule has 0 spiro atoms. The van der Waals surface area contributed by atoms with E-state index in [4.69, 9.17) is 4.74 Å². The summed E-state index contributed by atoms with van der Waals surface area (Å²) in [4.78, 5) is 10.9. The molecule has 0 unspecified atom stereocenters. The molecule has 5 heteroatoms. The van der Waals surface area contributed by atoms with E-state index in [-0.39, 0.29) is 5.69 Å². The number of nitro groups is 1. The van der Waals surface area contributed by atoms with Crippen molar-refractivity contribution in [3.05, 3.63) is 69.8 Å². The Bertz CT molecular complexity index is 642. The summed E-state index contributed by atoms with van der Waals surface area (Å²) in [6, 6.07) is 14.7. The van der Waals surface area contributed by atoms with Gasteiger partial charge in [0.2, 0.25) is 0 Å². The molecule has 23 heavy (non-hydrogen) atoms. The van der Waals surface area contributed by atoms with Crippen LogP contribution >= 0.6 is 0 Å². The molecule has 0 radical (unpaired) electrons. The molecule has 0 aliphatic heterocycles. The van der Waals surface area contributed by atoms with Gasteiger partial charge in [-0.1, -0.05) is 50.2 Å². The number of rotatable bonds is 8. The van der Waals surface area contributed by atoms with E-state index >= 15 is 0 Å². The van der Waals surface area contributed by atoms with E-state index in [1.54, 1.807) is 12.1 Å². The Morgan fingerprint density at radius 2 is 1.87 bits per heavy atom. The molecule has 0 heterocycles. The van der Waals surface area contributed by atoms with Crippen molar-refractivity contribution >= 4 is 5.69 Å². The second kappa shape index (κ2) is 8.29. The van der Waals surface area contributed by atoms with E-state index in [1.807, 2.05) is 36.4 Å². The zero-order valence-electron chi connectivity index (χ0n) is 13.5. The van der Waals surface area contributed by atoms with Gasteiger partial charge < -0.3 is 10.1 Å². The smallest absolute Gasteiger partial charge is 0.311 e. The van der Waals surface area contributed by atoms with Crippen LogP contribution in [0.4, 0.5) is 5.69 Å². The first-order chi connectivity index (χ1) is 11.1. The Hall–Kier alpha value is -2.40. The van der Waals surface area contributed by atoms with Crippen LogP contribution in [0.2, 0.25) is 0 Å². The first-order valence-electron chi connectivity index (χ1n) is 7.71. The van der Waals surface area contributed by atoms with Crippen LogP contribution in [-0.4, -0.2) is 11.5 Å². The van der Waals surface area contributed by atoms with Gasteiger partial charge in [0.15, 0.2) is 5.75 Å². The van der Waals surface area contributed by atoms with Gasteiger partial charge in [-0.25, -0.2) is 0 Å². The molecule has 5 nitrogen and oxygen atoms in total. The van der Waals surface area contributed by atoms with Crippen molar-refractivity contribution in [3.8, 4) is 5.75 Å². The largest absolute Gasteiger partial charge is 0.482 e. The summed E-state index contributed by atoms with van der Waals surface area (Å²) in [6.07, 6.45) is 0. The van der Waals surface area contributed by atoms with Gasteiger partial charge in [0, 0.05) is 12.6 Å². The van der Waals surface area contributed by atoms with Gasteiger partial charge >= 0.3 is 5.69 Å². The van der Waals surface area contributed by atoms with Gasteiger partial charge in [0.1, 0.15) is 6.61 Å². The Morgan fingerprint density at radius 3 is 2.52 bits per heavy atom. The highest BCUT2D eigenvalue weighted by Gasteiger charge is 2.16. The van der Waals surface area contributed by atoms with Crippen molar-refractivity contribution < 1.29 is 9.66 Å². The summed E-state index contributed by atoms with van der Waals surface area (Å²) >= 11 is 0. The van der Waals surface area contributed by atoms with Crippen LogP contribution in [0, 0.1) is 16.0 Å². The Kier molecular flexibility index (Phi) is 6.11. The van der Waals surface area contributed by atoms with Crippen molar-refractivity contribution in [3.63, 3.8) is 0 Å². The zero-order chi connectivity index (χ0) is 16.7. The number of hydrogen-bond acceptors (Lipinski definition) is 4. The molecular formula is C18H22N2O3. The number of nitrogens with zero attached hydrogens (tertiary/aromatic N) is 1. The fourth-order valence-electron chi connectivity index (χ4n) is 2.18. The number of nitrogens with one attached hydrogen (secondary N) is 1. The van der Waals surface area contributed by atoms with Crippen molar-refractivity contribution in [2.45, 2.75) is 27.0 Å². The van der Waals surface area contributed by atoms with Gasteiger partial charge in [-0.15, -0.1) is 0 Å². The quantitative estimate of drug-likeness (QED) is 0.592. The summed E-state index contributed by atoms with van der Waals surface area (Å²) in [6.45, 7) is 6.04. The van der Waals surface area contributed by atoms with Crippen LogP contribution in [0.1, 0.15) is 25.0 Å². The molecule has 1 N–H and O–H groups in total. The maximum Gasteiger partial charge on any atom is 0.311 e. The standard InChI is InChI=1S/C18H22N2O3/c1-14(2)11-19-12-16-8-9-18(17(10-16)20(21)22)23-13-15-6-4-3-5-7-15/h3-10,14,19H,11-13H2,1-2H3. The van der Waals surface area contributed by atoms with E-state index in [0.29, 0.717) is 24.8 Å². The van der Waals surface area contributed by atoms with Crippen LogP contribution in [-0.2, 0) is 13.2 Å². The van der Waals surface area contributed by atoms with Gasteiger partial charge in [0.05, 0.1) is 4.92 Å². The molecule has 0 aliphatic rings. The third-order valence-electron chi connectivity index (χ3n) is 3.34. The number of benzene rings is 2. The lowest BCUT2D eigenvalue weighted by Gasteiger charge is -2.10. The van der Waals surface area contributed by atoms with Crippen molar-refractivity contribution in [2.24, 2.45) is 5.92 Å². The van der Waals surface area contributed by atoms with Gasteiger partial charge in [0.25, 0.3) is 0 Å². The normalized spacial score (nSPS) is 10.7. The van der Waals surface area contributed by atoms with Crippen LogP contribution in [0.15, 0.2) is 48.5 Å². The summed E-state index contributed by atoms with van der Waals surface area (Å²) in [7, 11) is 0. The topological polar surface area (TPSA) is 64.4 Å². The summed E-state index contributed by atoms with van der Waals surface area (Å²) in [5, 5.41) is 14.6. The molecule has 0 atom stereocenters. The fourth-order valence-corrected chi connectivity index (χ4v) is 2.18. The average Bonchev–Trinajstić information content (AvgIpc) is 2.54. The predicted octanol–water partition coefficient (Wildman–Crippen LogP) is 3.92. The minimum absolute atomic E-state index is 0.00442. The van der Waals surface area contributed by atoms with E-state index < -0.39 is 4.92 Å². The second-order valence-electron chi connectivity index (χ2n) is 5.86.